The van der Waals surface area contributed by atoms with Crippen LogP contribution in [0, 0.1) is 0 Å². The molecular weight excluding hydrogens is 338 g/mol. The van der Waals surface area contributed by atoms with E-state index in [1.165, 1.54) is 16.8 Å². The summed E-state index contributed by atoms with van der Waals surface area (Å²) in [6, 6.07) is 4.99. The minimum Gasteiger partial charge on any atom is -0.478 e. The van der Waals surface area contributed by atoms with Gasteiger partial charge in [-0.05, 0) is 44.5 Å². The molecule has 0 fully saturated rings. The van der Waals surface area contributed by atoms with E-state index in [0.717, 1.165) is 5.56 Å². The van der Waals surface area contributed by atoms with E-state index in [0.29, 0.717) is 11.2 Å². The molecule has 9 heteroatoms. The van der Waals surface area contributed by atoms with Crippen LogP contribution in [0.3, 0.4) is 0 Å². The molecule has 2 N–H and O–H groups in total. The van der Waals surface area contributed by atoms with Gasteiger partial charge in [-0.3, -0.25) is 10.3 Å². The van der Waals surface area contributed by atoms with Crippen LogP contribution in [0.2, 0.25) is 0 Å². The number of fused-ring (bicyclic) bond motifs is 1. The van der Waals surface area contributed by atoms with Gasteiger partial charge in [-0.15, -0.1) is 5.10 Å². The average Bonchev–Trinajstić information content (AvgIpc) is 2.94. The number of anilines is 1. The summed E-state index contributed by atoms with van der Waals surface area (Å²) in [5.74, 6) is -0.944. The molecule has 26 heavy (non-hydrogen) atoms. The first-order valence-corrected chi connectivity index (χ1v) is 7.76. The van der Waals surface area contributed by atoms with Crippen molar-refractivity contribution >= 4 is 23.7 Å². The molecule has 3 rings (SSSR count). The van der Waals surface area contributed by atoms with Gasteiger partial charge in [0.25, 0.3) is 5.95 Å². The lowest BCUT2D eigenvalue weighted by atomic mass is 10.1. The molecule has 3 heterocycles. The summed E-state index contributed by atoms with van der Waals surface area (Å²) in [6.45, 7) is 5.28. The minimum atomic E-state index is -1.05. The number of hydrogen-bond acceptors (Lipinski definition) is 6. The SMILES string of the molecule is CC(C)(C)OC(=O)Nc1nc2cc(-c3cncc(C(=O)O)c3)ccn2n1. The molecule has 0 atom stereocenters. The molecule has 0 saturated carbocycles. The normalized spacial score (nSPS) is 11.3. The van der Waals surface area contributed by atoms with E-state index in [9.17, 15) is 9.59 Å². The number of carbonyl (C=O) groups excluding carboxylic acids is 1. The van der Waals surface area contributed by atoms with E-state index in [1.807, 2.05) is 0 Å². The molecule has 0 bridgehead atoms. The predicted octanol–water partition coefficient (Wildman–Crippen LogP) is 2.84. The van der Waals surface area contributed by atoms with Crippen molar-refractivity contribution in [2.24, 2.45) is 0 Å². The Labute approximate surface area is 148 Å². The van der Waals surface area contributed by atoms with Crippen molar-refractivity contribution in [2.45, 2.75) is 26.4 Å². The lowest BCUT2D eigenvalue weighted by molar-refractivity contribution is 0.0632. The highest BCUT2D eigenvalue weighted by atomic mass is 16.6. The van der Waals surface area contributed by atoms with Crippen LogP contribution in [0.5, 0.6) is 0 Å². The molecule has 0 aliphatic heterocycles. The van der Waals surface area contributed by atoms with Crippen molar-refractivity contribution in [3.05, 3.63) is 42.4 Å². The fraction of sp³-hybridized carbons (Fsp3) is 0.235. The van der Waals surface area contributed by atoms with Gasteiger partial charge in [0, 0.05) is 24.2 Å². The van der Waals surface area contributed by atoms with Gasteiger partial charge in [-0.25, -0.2) is 14.1 Å². The number of nitrogens with one attached hydrogen (secondary N) is 1. The molecule has 0 aliphatic carbocycles. The molecule has 9 nitrogen and oxygen atoms in total. The zero-order valence-electron chi connectivity index (χ0n) is 14.4. The van der Waals surface area contributed by atoms with Crippen molar-refractivity contribution in [3.8, 4) is 11.1 Å². The Bertz CT molecular complexity index is 990. The topological polar surface area (TPSA) is 119 Å². The van der Waals surface area contributed by atoms with E-state index in [-0.39, 0.29) is 11.5 Å². The summed E-state index contributed by atoms with van der Waals surface area (Å²) >= 11 is 0. The number of pyridine rings is 2. The highest BCUT2D eigenvalue weighted by Crippen LogP contribution is 2.21. The van der Waals surface area contributed by atoms with Crippen LogP contribution in [0.25, 0.3) is 16.8 Å². The van der Waals surface area contributed by atoms with Gasteiger partial charge in [0.15, 0.2) is 5.65 Å². The largest absolute Gasteiger partial charge is 0.478 e. The summed E-state index contributed by atoms with van der Waals surface area (Å²) in [4.78, 5) is 31.1. The van der Waals surface area contributed by atoms with Crippen molar-refractivity contribution in [3.63, 3.8) is 0 Å². The maximum Gasteiger partial charge on any atom is 0.414 e. The van der Waals surface area contributed by atoms with Crippen LogP contribution in [0.4, 0.5) is 10.7 Å². The highest BCUT2D eigenvalue weighted by molar-refractivity contribution is 5.89. The molecule has 0 spiro atoms. The van der Waals surface area contributed by atoms with E-state index in [2.05, 4.69) is 20.4 Å². The Morgan fingerprint density at radius 3 is 2.65 bits per heavy atom. The molecule has 1 amide bonds. The standard InChI is InChI=1S/C17H17N5O4/c1-17(2,3)26-16(25)20-15-19-13-7-10(4-5-22(13)21-15)11-6-12(14(23)24)9-18-8-11/h4-9H,1-3H3,(H,23,24)(H,20,21,25). The first-order chi connectivity index (χ1) is 12.2. The second-order valence-electron chi connectivity index (χ2n) is 6.55. The monoisotopic (exact) mass is 355 g/mol. The summed E-state index contributed by atoms with van der Waals surface area (Å²) in [6.07, 6.45) is 3.86. The third-order valence-electron chi connectivity index (χ3n) is 3.27. The number of rotatable bonds is 3. The van der Waals surface area contributed by atoms with Crippen LogP contribution in [-0.2, 0) is 4.74 Å². The van der Waals surface area contributed by atoms with Crippen molar-refractivity contribution in [2.75, 3.05) is 5.32 Å². The number of carboxylic acids is 1. The number of aromatic nitrogens is 4. The van der Waals surface area contributed by atoms with Crippen molar-refractivity contribution in [1.82, 2.24) is 19.6 Å². The Morgan fingerprint density at radius 1 is 1.19 bits per heavy atom. The number of carbonyl (C=O) groups is 2. The third-order valence-corrected chi connectivity index (χ3v) is 3.27. The number of aromatic carboxylic acids is 1. The van der Waals surface area contributed by atoms with Crippen LogP contribution < -0.4 is 5.32 Å². The number of hydrogen-bond donors (Lipinski definition) is 2. The molecular formula is C17H17N5O4. The summed E-state index contributed by atoms with van der Waals surface area (Å²) in [7, 11) is 0. The van der Waals surface area contributed by atoms with Gasteiger partial charge in [0.2, 0.25) is 0 Å². The lowest BCUT2D eigenvalue weighted by Gasteiger charge is -2.18. The smallest absolute Gasteiger partial charge is 0.414 e. The van der Waals surface area contributed by atoms with Crippen molar-refractivity contribution < 1.29 is 19.4 Å². The summed E-state index contributed by atoms with van der Waals surface area (Å²) in [5.41, 5.74) is 1.31. The quantitative estimate of drug-likeness (QED) is 0.741. The van der Waals surface area contributed by atoms with Gasteiger partial charge in [0.1, 0.15) is 5.60 Å². The molecule has 0 saturated heterocycles. The van der Waals surface area contributed by atoms with Crippen LogP contribution in [0.15, 0.2) is 36.8 Å². The Balaban J connectivity index is 1.87. The average molecular weight is 355 g/mol. The second kappa shape index (κ2) is 6.43. The Kier molecular flexibility index (Phi) is 4.29. The zero-order chi connectivity index (χ0) is 18.9. The first-order valence-electron chi connectivity index (χ1n) is 7.76. The number of carboxylic acid groups (broad SMARTS) is 1. The van der Waals surface area contributed by atoms with Gasteiger partial charge in [-0.2, -0.15) is 4.98 Å². The van der Waals surface area contributed by atoms with Gasteiger partial charge < -0.3 is 9.84 Å². The summed E-state index contributed by atoms with van der Waals surface area (Å²) in [5, 5.41) is 15.7. The first kappa shape index (κ1) is 17.3. The van der Waals surface area contributed by atoms with E-state index in [4.69, 9.17) is 9.84 Å². The molecule has 0 aromatic carbocycles. The molecule has 3 aromatic heterocycles. The Morgan fingerprint density at radius 2 is 1.96 bits per heavy atom. The van der Waals surface area contributed by atoms with Crippen molar-refractivity contribution in [1.29, 1.82) is 0 Å². The van der Waals surface area contributed by atoms with Crippen LogP contribution in [0.1, 0.15) is 31.1 Å². The number of ether oxygens (including phenoxy) is 1. The van der Waals surface area contributed by atoms with Crippen LogP contribution in [-0.4, -0.2) is 42.4 Å². The van der Waals surface area contributed by atoms with Gasteiger partial charge in [-0.1, -0.05) is 0 Å². The molecule has 134 valence electrons. The molecule has 3 aromatic rings. The minimum absolute atomic E-state index is 0.0936. The lowest BCUT2D eigenvalue weighted by Crippen LogP contribution is -2.27. The maximum atomic E-state index is 11.8. The van der Waals surface area contributed by atoms with E-state index in [1.54, 1.807) is 45.3 Å². The fourth-order valence-corrected chi connectivity index (χ4v) is 2.22. The Hall–Kier alpha value is -3.49. The second-order valence-corrected chi connectivity index (χ2v) is 6.55. The number of nitrogens with zero attached hydrogens (tertiary/aromatic N) is 4. The maximum absolute atomic E-state index is 11.8. The van der Waals surface area contributed by atoms with Gasteiger partial charge in [0.05, 0.1) is 5.56 Å². The fourth-order valence-electron chi connectivity index (χ4n) is 2.22. The highest BCUT2D eigenvalue weighted by Gasteiger charge is 2.18. The van der Waals surface area contributed by atoms with Gasteiger partial charge >= 0.3 is 12.1 Å². The number of amides is 1. The van der Waals surface area contributed by atoms with E-state index < -0.39 is 17.7 Å². The molecule has 0 aliphatic rings. The molecule has 0 unspecified atom stereocenters. The third kappa shape index (κ3) is 3.94. The predicted molar refractivity (Wildman–Crippen MR) is 93.0 cm³/mol. The van der Waals surface area contributed by atoms with Crippen LogP contribution >= 0.6 is 0 Å². The molecule has 0 radical (unpaired) electrons. The van der Waals surface area contributed by atoms with E-state index >= 15 is 0 Å². The summed E-state index contributed by atoms with van der Waals surface area (Å²) < 4.78 is 6.65. The zero-order valence-corrected chi connectivity index (χ0v) is 14.4.